The Kier molecular flexibility index (Phi) is 6.60. The van der Waals surface area contributed by atoms with Gasteiger partial charge in [-0.3, -0.25) is 4.79 Å². The number of nitrogens with one attached hydrogen (secondary N) is 1. The molecule has 2 N–H and O–H groups in total. The Hall–Kier alpha value is -1.39. The number of Topliss-reactive ketones (excluding diaryl/α,β-unsaturated/α-hetero) is 1. The van der Waals surface area contributed by atoms with E-state index >= 15 is 0 Å². The maximum atomic E-state index is 12.2. The predicted octanol–water partition coefficient (Wildman–Crippen LogP) is 4.28. The lowest BCUT2D eigenvalue weighted by Crippen LogP contribution is -2.33. The van der Waals surface area contributed by atoms with Gasteiger partial charge < -0.3 is 10.4 Å². The van der Waals surface area contributed by atoms with Crippen molar-refractivity contribution in [1.29, 1.82) is 0 Å². The van der Waals surface area contributed by atoms with Crippen molar-refractivity contribution >= 4 is 29.0 Å². The van der Waals surface area contributed by atoms with E-state index in [1.807, 2.05) is 37.3 Å². The van der Waals surface area contributed by atoms with Crippen LogP contribution in [-0.4, -0.2) is 23.5 Å². The normalized spacial score (nSPS) is 13.6. The van der Waals surface area contributed by atoms with Gasteiger partial charge in [-0.2, -0.15) is 0 Å². The molecule has 0 spiro atoms. The molecule has 2 aromatic carbocycles. The molecule has 2 atom stereocenters. The van der Waals surface area contributed by atoms with Gasteiger partial charge in [0.25, 0.3) is 0 Å². The van der Waals surface area contributed by atoms with Crippen molar-refractivity contribution in [2.75, 3.05) is 6.54 Å². The van der Waals surface area contributed by atoms with E-state index in [1.54, 1.807) is 18.2 Å². The Morgan fingerprint density at radius 1 is 1.17 bits per heavy atom. The van der Waals surface area contributed by atoms with Crippen LogP contribution in [0.15, 0.2) is 48.5 Å². The molecule has 0 aliphatic rings. The first kappa shape index (κ1) is 18.0. The lowest BCUT2D eigenvalue weighted by atomic mass is 10.0. The average Bonchev–Trinajstić information content (AvgIpc) is 2.54. The molecule has 0 aliphatic heterocycles. The van der Waals surface area contributed by atoms with Crippen LogP contribution < -0.4 is 5.32 Å². The summed E-state index contributed by atoms with van der Waals surface area (Å²) in [5.74, 6) is -0.0550. The molecule has 0 saturated heterocycles. The fourth-order valence-electron chi connectivity index (χ4n) is 2.31. The van der Waals surface area contributed by atoms with E-state index in [-0.39, 0.29) is 11.8 Å². The van der Waals surface area contributed by atoms with Crippen molar-refractivity contribution in [3.63, 3.8) is 0 Å². The maximum Gasteiger partial charge on any atom is 0.165 e. The highest BCUT2D eigenvalue weighted by Crippen LogP contribution is 2.22. The number of hydrogen-bond acceptors (Lipinski definition) is 3. The topological polar surface area (TPSA) is 49.3 Å². The van der Waals surface area contributed by atoms with E-state index in [2.05, 4.69) is 5.32 Å². The van der Waals surface area contributed by atoms with Gasteiger partial charge in [-0.1, -0.05) is 53.5 Å². The van der Waals surface area contributed by atoms with Crippen LogP contribution in [0.3, 0.4) is 0 Å². The van der Waals surface area contributed by atoms with Crippen LogP contribution >= 0.6 is 23.2 Å². The third-order valence-corrected chi connectivity index (χ3v) is 4.21. The lowest BCUT2D eigenvalue weighted by Gasteiger charge is -2.20. The second kappa shape index (κ2) is 8.46. The number of aliphatic hydroxyl groups excluding tert-OH is 1. The van der Waals surface area contributed by atoms with Gasteiger partial charge >= 0.3 is 0 Å². The number of rotatable bonds is 7. The van der Waals surface area contributed by atoms with Gasteiger partial charge in [-0.25, -0.2) is 0 Å². The van der Waals surface area contributed by atoms with Crippen LogP contribution in [0.4, 0.5) is 0 Å². The molecule has 2 aromatic rings. The fourth-order valence-corrected chi connectivity index (χ4v) is 2.83. The molecule has 3 nitrogen and oxygen atoms in total. The Morgan fingerprint density at radius 3 is 2.52 bits per heavy atom. The Labute approximate surface area is 146 Å². The molecule has 5 heteroatoms. The predicted molar refractivity (Wildman–Crippen MR) is 94.3 cm³/mol. The Balaban J connectivity index is 1.85. The zero-order valence-corrected chi connectivity index (χ0v) is 14.3. The molecule has 0 amide bonds. The lowest BCUT2D eigenvalue weighted by molar-refractivity contribution is 0.0972. The number of halogens is 2. The summed E-state index contributed by atoms with van der Waals surface area (Å²) in [5, 5.41) is 14.3. The van der Waals surface area contributed by atoms with Gasteiger partial charge in [0, 0.05) is 29.6 Å². The molecule has 0 aromatic heterocycles. The summed E-state index contributed by atoms with van der Waals surface area (Å²) < 4.78 is 0. The van der Waals surface area contributed by atoms with E-state index < -0.39 is 6.10 Å². The maximum absolute atomic E-state index is 12.2. The molecule has 0 bridgehead atoms. The molecule has 0 unspecified atom stereocenters. The molecule has 23 heavy (non-hydrogen) atoms. The monoisotopic (exact) mass is 351 g/mol. The van der Waals surface area contributed by atoms with Crippen molar-refractivity contribution in [2.45, 2.75) is 25.5 Å². The van der Waals surface area contributed by atoms with Gasteiger partial charge in [0.05, 0.1) is 11.1 Å². The SMILES string of the molecule is C[C@H](NCCC(=O)c1ccc(Cl)cc1Cl)[C@H](O)c1ccccc1. The summed E-state index contributed by atoms with van der Waals surface area (Å²) in [5.41, 5.74) is 1.31. The van der Waals surface area contributed by atoms with Crippen molar-refractivity contribution in [1.82, 2.24) is 5.32 Å². The minimum atomic E-state index is -0.620. The molecule has 0 heterocycles. The number of benzene rings is 2. The van der Waals surface area contributed by atoms with Crippen LogP contribution in [0.1, 0.15) is 35.4 Å². The van der Waals surface area contributed by atoms with Crippen molar-refractivity contribution in [2.24, 2.45) is 0 Å². The first-order valence-electron chi connectivity index (χ1n) is 7.43. The van der Waals surface area contributed by atoms with Gasteiger partial charge in [0.15, 0.2) is 5.78 Å². The Morgan fingerprint density at radius 2 is 1.87 bits per heavy atom. The van der Waals surface area contributed by atoms with E-state index in [9.17, 15) is 9.90 Å². The van der Waals surface area contributed by atoms with Crippen LogP contribution in [-0.2, 0) is 0 Å². The fraction of sp³-hybridized carbons (Fsp3) is 0.278. The summed E-state index contributed by atoms with van der Waals surface area (Å²) in [6.45, 7) is 2.35. The zero-order valence-electron chi connectivity index (χ0n) is 12.8. The average molecular weight is 352 g/mol. The molecule has 0 aliphatic carbocycles. The largest absolute Gasteiger partial charge is 0.387 e. The van der Waals surface area contributed by atoms with E-state index in [1.165, 1.54) is 0 Å². The third-order valence-electron chi connectivity index (χ3n) is 3.66. The van der Waals surface area contributed by atoms with E-state index in [0.717, 1.165) is 5.56 Å². The highest BCUT2D eigenvalue weighted by Gasteiger charge is 2.16. The smallest absolute Gasteiger partial charge is 0.165 e. The van der Waals surface area contributed by atoms with Gasteiger partial charge in [0.2, 0.25) is 0 Å². The first-order chi connectivity index (χ1) is 11.0. The molecular formula is C18H19Cl2NO2. The van der Waals surface area contributed by atoms with Gasteiger partial charge in [0.1, 0.15) is 0 Å². The standard InChI is InChI=1S/C18H19Cl2NO2/c1-12(18(23)13-5-3-2-4-6-13)21-10-9-17(22)15-8-7-14(19)11-16(15)20/h2-8,11-12,18,21,23H,9-10H2,1H3/t12-,18-/m0/s1. The quantitative estimate of drug-likeness (QED) is 0.732. The highest BCUT2D eigenvalue weighted by atomic mass is 35.5. The molecule has 0 saturated carbocycles. The molecule has 2 rings (SSSR count). The van der Waals surface area contributed by atoms with Crippen molar-refractivity contribution in [3.05, 3.63) is 69.7 Å². The number of hydrogen-bond donors (Lipinski definition) is 2. The Bertz CT molecular complexity index is 661. The van der Waals surface area contributed by atoms with E-state index in [0.29, 0.717) is 28.6 Å². The second-order valence-corrected chi connectivity index (χ2v) is 6.24. The highest BCUT2D eigenvalue weighted by molar-refractivity contribution is 6.36. The zero-order chi connectivity index (χ0) is 16.8. The van der Waals surface area contributed by atoms with Crippen LogP contribution in [0, 0.1) is 0 Å². The minimum absolute atomic E-state index is 0.0550. The summed E-state index contributed by atoms with van der Waals surface area (Å²) in [7, 11) is 0. The summed E-state index contributed by atoms with van der Waals surface area (Å²) >= 11 is 11.9. The number of aliphatic hydroxyl groups is 1. The van der Waals surface area contributed by atoms with Crippen LogP contribution in [0.5, 0.6) is 0 Å². The number of carbonyl (C=O) groups is 1. The van der Waals surface area contributed by atoms with Crippen molar-refractivity contribution < 1.29 is 9.90 Å². The molecular weight excluding hydrogens is 333 g/mol. The first-order valence-corrected chi connectivity index (χ1v) is 8.19. The van der Waals surface area contributed by atoms with E-state index in [4.69, 9.17) is 23.2 Å². The van der Waals surface area contributed by atoms with Crippen molar-refractivity contribution in [3.8, 4) is 0 Å². The van der Waals surface area contributed by atoms with Gasteiger partial charge in [-0.05, 0) is 30.7 Å². The number of carbonyl (C=O) groups excluding carboxylic acids is 1. The molecule has 0 fully saturated rings. The number of ketones is 1. The third kappa shape index (κ3) is 5.05. The summed E-state index contributed by atoms with van der Waals surface area (Å²) in [6.07, 6.45) is -0.321. The van der Waals surface area contributed by atoms with Crippen LogP contribution in [0.2, 0.25) is 10.0 Å². The van der Waals surface area contributed by atoms with Gasteiger partial charge in [-0.15, -0.1) is 0 Å². The molecule has 122 valence electrons. The second-order valence-electron chi connectivity index (χ2n) is 5.40. The summed E-state index contributed by atoms with van der Waals surface area (Å²) in [4.78, 5) is 12.2. The summed E-state index contributed by atoms with van der Waals surface area (Å²) in [6, 6.07) is 14.1. The molecule has 0 radical (unpaired) electrons. The minimum Gasteiger partial charge on any atom is -0.387 e. The van der Waals surface area contributed by atoms with Crippen LogP contribution in [0.25, 0.3) is 0 Å².